The molecule has 0 aliphatic heterocycles. The molecule has 2 rings (SSSR count). The number of nitrogens with two attached hydrogens (primary N) is 1. The first-order chi connectivity index (χ1) is 8.41. The molecule has 8 heteroatoms. The van der Waals surface area contributed by atoms with E-state index in [-0.39, 0.29) is 16.9 Å². The molecule has 0 saturated carbocycles. The minimum Gasteiger partial charge on any atom is -0.477 e. The Kier molecular flexibility index (Phi) is 2.62. The predicted octanol–water partition coefficient (Wildman–Crippen LogP) is -0.289. The second-order valence-electron chi connectivity index (χ2n) is 3.75. The quantitative estimate of drug-likeness (QED) is 0.775. The van der Waals surface area contributed by atoms with Gasteiger partial charge in [-0.15, -0.1) is 0 Å². The lowest BCUT2D eigenvalue weighted by Crippen LogP contribution is -2.11. The number of aromatic nitrogens is 4. The van der Waals surface area contributed by atoms with Crippen molar-refractivity contribution in [2.75, 3.05) is 0 Å². The summed E-state index contributed by atoms with van der Waals surface area (Å²) in [5, 5.41) is 17.1. The third-order valence-electron chi connectivity index (χ3n) is 2.49. The van der Waals surface area contributed by atoms with Crippen LogP contribution in [0.4, 0.5) is 0 Å². The zero-order chi connectivity index (χ0) is 13.4. The number of carboxylic acids is 1. The van der Waals surface area contributed by atoms with Crippen LogP contribution in [0.25, 0.3) is 5.82 Å². The number of nitrogens with zero attached hydrogens (tertiary/aromatic N) is 4. The van der Waals surface area contributed by atoms with Crippen molar-refractivity contribution in [3.8, 4) is 5.82 Å². The first kappa shape index (κ1) is 11.8. The molecule has 0 aromatic carbocycles. The van der Waals surface area contributed by atoms with Crippen molar-refractivity contribution in [3.63, 3.8) is 0 Å². The Morgan fingerprint density at radius 1 is 1.44 bits per heavy atom. The molecule has 0 aliphatic carbocycles. The van der Waals surface area contributed by atoms with E-state index in [1.54, 1.807) is 14.0 Å². The summed E-state index contributed by atoms with van der Waals surface area (Å²) in [5.41, 5.74) is 5.72. The van der Waals surface area contributed by atoms with Crippen molar-refractivity contribution in [1.29, 1.82) is 0 Å². The van der Waals surface area contributed by atoms with Gasteiger partial charge < -0.3 is 10.8 Å². The van der Waals surface area contributed by atoms with Gasteiger partial charge in [-0.25, -0.2) is 14.2 Å². The fourth-order valence-corrected chi connectivity index (χ4v) is 1.73. The monoisotopic (exact) mass is 249 g/mol. The lowest BCUT2D eigenvalue weighted by Gasteiger charge is -2.02. The topological polar surface area (TPSA) is 116 Å². The highest BCUT2D eigenvalue weighted by Gasteiger charge is 2.22. The smallest absolute Gasteiger partial charge is 0.341 e. The van der Waals surface area contributed by atoms with E-state index in [0.29, 0.717) is 5.69 Å². The molecule has 0 bridgehead atoms. The SMILES string of the molecule is Cc1nn(C)c(-n2cc(C(N)=O)cn2)c1C(=O)O. The van der Waals surface area contributed by atoms with Crippen molar-refractivity contribution in [2.24, 2.45) is 12.8 Å². The number of carboxylic acid groups (broad SMARTS) is 1. The van der Waals surface area contributed by atoms with Crippen LogP contribution in [0.15, 0.2) is 12.4 Å². The Morgan fingerprint density at radius 2 is 2.11 bits per heavy atom. The molecule has 0 unspecified atom stereocenters. The largest absolute Gasteiger partial charge is 0.477 e. The highest BCUT2D eigenvalue weighted by molar-refractivity contribution is 5.94. The van der Waals surface area contributed by atoms with Crippen LogP contribution in [0.1, 0.15) is 26.4 Å². The van der Waals surface area contributed by atoms with E-state index in [2.05, 4.69) is 10.2 Å². The first-order valence-electron chi connectivity index (χ1n) is 5.03. The molecule has 0 spiro atoms. The maximum atomic E-state index is 11.2. The van der Waals surface area contributed by atoms with Crippen molar-refractivity contribution >= 4 is 11.9 Å². The number of carbonyl (C=O) groups excluding carboxylic acids is 1. The van der Waals surface area contributed by atoms with Crippen molar-refractivity contribution < 1.29 is 14.7 Å². The number of carbonyl (C=O) groups is 2. The molecule has 0 fully saturated rings. The van der Waals surface area contributed by atoms with E-state index < -0.39 is 11.9 Å². The van der Waals surface area contributed by atoms with Gasteiger partial charge in [-0.2, -0.15) is 10.2 Å². The van der Waals surface area contributed by atoms with Crippen molar-refractivity contribution in [2.45, 2.75) is 6.92 Å². The third kappa shape index (κ3) is 1.73. The van der Waals surface area contributed by atoms with Crippen LogP contribution in [0.5, 0.6) is 0 Å². The lowest BCUT2D eigenvalue weighted by molar-refractivity contribution is 0.0695. The van der Waals surface area contributed by atoms with Gasteiger partial charge in [0.25, 0.3) is 5.91 Å². The highest BCUT2D eigenvalue weighted by Crippen LogP contribution is 2.17. The maximum absolute atomic E-state index is 11.2. The molecule has 2 heterocycles. The number of hydrogen-bond acceptors (Lipinski definition) is 4. The van der Waals surface area contributed by atoms with Gasteiger partial charge in [0.1, 0.15) is 5.56 Å². The van der Waals surface area contributed by atoms with E-state index in [4.69, 9.17) is 10.8 Å². The van der Waals surface area contributed by atoms with Crippen LogP contribution < -0.4 is 5.73 Å². The van der Waals surface area contributed by atoms with E-state index in [9.17, 15) is 9.59 Å². The van der Waals surface area contributed by atoms with Crippen LogP contribution in [0.3, 0.4) is 0 Å². The summed E-state index contributed by atoms with van der Waals surface area (Å²) in [7, 11) is 1.60. The molecule has 8 nitrogen and oxygen atoms in total. The molecular weight excluding hydrogens is 238 g/mol. The summed E-state index contributed by atoms with van der Waals surface area (Å²) in [6.07, 6.45) is 2.64. The van der Waals surface area contributed by atoms with E-state index in [1.165, 1.54) is 21.8 Å². The number of hydrogen-bond donors (Lipinski definition) is 2. The molecule has 3 N–H and O–H groups in total. The van der Waals surface area contributed by atoms with Crippen molar-refractivity contribution in [3.05, 3.63) is 29.2 Å². The lowest BCUT2D eigenvalue weighted by atomic mass is 10.2. The minimum atomic E-state index is -1.10. The molecule has 0 atom stereocenters. The Labute approximate surface area is 102 Å². The second kappa shape index (κ2) is 3.99. The molecular formula is C10H11N5O3. The van der Waals surface area contributed by atoms with E-state index in [0.717, 1.165) is 0 Å². The fraction of sp³-hybridized carbons (Fsp3) is 0.200. The van der Waals surface area contributed by atoms with Gasteiger partial charge in [0.05, 0.1) is 17.5 Å². The number of amides is 1. The van der Waals surface area contributed by atoms with E-state index in [1.807, 2.05) is 0 Å². The van der Waals surface area contributed by atoms with Gasteiger partial charge in [0, 0.05) is 13.2 Å². The van der Waals surface area contributed by atoms with Crippen LogP contribution in [-0.2, 0) is 7.05 Å². The molecule has 94 valence electrons. The van der Waals surface area contributed by atoms with Gasteiger partial charge in [-0.3, -0.25) is 4.79 Å². The fourth-order valence-electron chi connectivity index (χ4n) is 1.73. The standard InChI is InChI=1S/C10H11N5O3/c1-5-7(10(17)18)9(14(2)13-5)15-4-6(3-12-15)8(11)16/h3-4H,1-2H3,(H2,11,16)(H,17,18). The third-order valence-corrected chi connectivity index (χ3v) is 2.49. The summed E-state index contributed by atoms with van der Waals surface area (Å²) >= 11 is 0. The highest BCUT2D eigenvalue weighted by atomic mass is 16.4. The molecule has 2 aromatic heterocycles. The van der Waals surface area contributed by atoms with E-state index >= 15 is 0 Å². The van der Waals surface area contributed by atoms with Crippen molar-refractivity contribution in [1.82, 2.24) is 19.6 Å². The molecule has 1 amide bonds. The Morgan fingerprint density at radius 3 is 2.61 bits per heavy atom. The van der Waals surface area contributed by atoms with Crippen LogP contribution in [0.2, 0.25) is 0 Å². The van der Waals surface area contributed by atoms with Gasteiger partial charge in [0.2, 0.25) is 0 Å². The Balaban J connectivity index is 2.62. The normalized spacial score (nSPS) is 10.6. The maximum Gasteiger partial charge on any atom is 0.341 e. The average Bonchev–Trinajstić information content (AvgIpc) is 2.81. The number of aryl methyl sites for hydroxylation is 2. The van der Waals surface area contributed by atoms with Gasteiger partial charge in [0.15, 0.2) is 5.82 Å². The average molecular weight is 249 g/mol. The summed E-state index contributed by atoms with van der Waals surface area (Å²) < 4.78 is 2.65. The zero-order valence-electron chi connectivity index (χ0n) is 9.78. The zero-order valence-corrected chi connectivity index (χ0v) is 9.78. The minimum absolute atomic E-state index is 0.0385. The Hall–Kier alpha value is -2.64. The molecule has 2 aromatic rings. The molecule has 0 aliphatic rings. The van der Waals surface area contributed by atoms with Gasteiger partial charge >= 0.3 is 5.97 Å². The van der Waals surface area contributed by atoms with Crippen LogP contribution >= 0.6 is 0 Å². The summed E-state index contributed by atoms with van der Waals surface area (Å²) in [6, 6.07) is 0. The summed E-state index contributed by atoms with van der Waals surface area (Å²) in [5.74, 6) is -1.46. The van der Waals surface area contributed by atoms with Gasteiger partial charge in [-0.1, -0.05) is 0 Å². The van der Waals surface area contributed by atoms with Crippen LogP contribution in [-0.4, -0.2) is 36.5 Å². The molecule has 0 saturated heterocycles. The Bertz CT molecular complexity index is 640. The van der Waals surface area contributed by atoms with Gasteiger partial charge in [-0.05, 0) is 6.92 Å². The molecule has 18 heavy (non-hydrogen) atoms. The number of rotatable bonds is 3. The number of aromatic carboxylic acids is 1. The second-order valence-corrected chi connectivity index (χ2v) is 3.75. The number of primary amides is 1. The van der Waals surface area contributed by atoms with Crippen LogP contribution in [0, 0.1) is 6.92 Å². The molecule has 0 radical (unpaired) electrons. The first-order valence-corrected chi connectivity index (χ1v) is 5.03. The summed E-state index contributed by atoms with van der Waals surface area (Å²) in [4.78, 5) is 22.2. The predicted molar refractivity (Wildman–Crippen MR) is 60.5 cm³/mol. The summed E-state index contributed by atoms with van der Waals surface area (Å²) in [6.45, 7) is 1.59.